The number of hydrogen-bond acceptors (Lipinski definition) is 6. The molecule has 0 aromatic heterocycles. The highest BCUT2D eigenvalue weighted by molar-refractivity contribution is 6.22. The van der Waals surface area contributed by atoms with Crippen LogP contribution in [0, 0.1) is 35.5 Å². The quantitative estimate of drug-likeness (QED) is 0.312. The molecule has 3 fully saturated rings. The van der Waals surface area contributed by atoms with Crippen molar-refractivity contribution in [1.29, 1.82) is 0 Å². The summed E-state index contributed by atoms with van der Waals surface area (Å²) in [5.41, 5.74) is 1.12. The minimum atomic E-state index is -0.581. The molecule has 2 aromatic carbocycles. The SMILES string of the molecule is COC(=O)c1ccc(OC(=O)c2ccc(N3C(=O)[C@H]4[C@@H]5C=C[C@H]([C@H]6C[C@H]56)[C@@H]4C3=O)cc2)cc1. The van der Waals surface area contributed by atoms with Gasteiger partial charge in [0.15, 0.2) is 0 Å². The number of carbonyl (C=O) groups excluding carboxylic acids is 4. The molecule has 2 saturated carbocycles. The largest absolute Gasteiger partial charge is 0.465 e. The van der Waals surface area contributed by atoms with Crippen LogP contribution < -0.4 is 9.64 Å². The molecule has 33 heavy (non-hydrogen) atoms. The normalized spacial score (nSPS) is 30.6. The van der Waals surface area contributed by atoms with E-state index in [1.54, 1.807) is 24.3 Å². The van der Waals surface area contributed by atoms with Gasteiger partial charge in [-0.3, -0.25) is 14.5 Å². The lowest BCUT2D eigenvalue weighted by Crippen LogP contribution is -2.40. The smallest absolute Gasteiger partial charge is 0.343 e. The van der Waals surface area contributed by atoms with Gasteiger partial charge in [0, 0.05) is 0 Å². The van der Waals surface area contributed by atoms with E-state index in [-0.39, 0.29) is 46.8 Å². The molecule has 0 N–H and O–H groups in total. The third kappa shape index (κ3) is 2.95. The van der Waals surface area contributed by atoms with Crippen molar-refractivity contribution < 1.29 is 28.7 Å². The maximum Gasteiger partial charge on any atom is 0.343 e. The molecule has 4 aliphatic carbocycles. The van der Waals surface area contributed by atoms with Crippen molar-refractivity contribution in [1.82, 2.24) is 0 Å². The zero-order valence-electron chi connectivity index (χ0n) is 17.8. The van der Waals surface area contributed by atoms with Crippen LogP contribution in [0.25, 0.3) is 0 Å². The van der Waals surface area contributed by atoms with Gasteiger partial charge in [0.25, 0.3) is 0 Å². The summed E-state index contributed by atoms with van der Waals surface area (Å²) in [7, 11) is 1.29. The van der Waals surface area contributed by atoms with Gasteiger partial charge < -0.3 is 9.47 Å². The fraction of sp³-hybridized carbons (Fsp3) is 0.308. The van der Waals surface area contributed by atoms with Gasteiger partial charge >= 0.3 is 11.9 Å². The Morgan fingerprint density at radius 1 is 0.788 bits per heavy atom. The molecule has 0 radical (unpaired) electrons. The van der Waals surface area contributed by atoms with Crippen molar-refractivity contribution in [3.05, 3.63) is 71.8 Å². The number of rotatable bonds is 4. The molecule has 1 aliphatic heterocycles. The molecule has 2 bridgehead atoms. The zero-order valence-corrected chi connectivity index (χ0v) is 17.8. The fourth-order valence-corrected chi connectivity index (χ4v) is 5.90. The van der Waals surface area contributed by atoms with Crippen LogP contribution in [0.2, 0.25) is 0 Å². The highest BCUT2D eigenvalue weighted by Gasteiger charge is 2.67. The van der Waals surface area contributed by atoms with Crippen LogP contribution in [0.15, 0.2) is 60.7 Å². The molecule has 166 valence electrons. The highest BCUT2D eigenvalue weighted by Crippen LogP contribution is 2.65. The molecule has 7 rings (SSSR count). The molecule has 0 spiro atoms. The number of anilines is 1. The lowest BCUT2D eigenvalue weighted by molar-refractivity contribution is -0.124. The van der Waals surface area contributed by atoms with Crippen molar-refractivity contribution >= 4 is 29.4 Å². The second-order valence-corrected chi connectivity index (χ2v) is 9.12. The summed E-state index contributed by atoms with van der Waals surface area (Å²) in [5.74, 6) is -0.0925. The monoisotopic (exact) mass is 443 g/mol. The van der Waals surface area contributed by atoms with Crippen LogP contribution in [0.5, 0.6) is 5.75 Å². The number of hydrogen-bond donors (Lipinski definition) is 0. The average Bonchev–Trinajstić information content (AvgIpc) is 3.62. The Hall–Kier alpha value is -3.74. The van der Waals surface area contributed by atoms with Gasteiger partial charge in [-0.25, -0.2) is 9.59 Å². The van der Waals surface area contributed by atoms with E-state index >= 15 is 0 Å². The van der Waals surface area contributed by atoms with Crippen molar-refractivity contribution in [2.24, 2.45) is 35.5 Å². The van der Waals surface area contributed by atoms with E-state index in [0.717, 1.165) is 6.42 Å². The molecular formula is C26H21NO6. The van der Waals surface area contributed by atoms with E-state index in [1.165, 1.54) is 36.3 Å². The topological polar surface area (TPSA) is 90.0 Å². The number of allylic oxidation sites excluding steroid dienone is 2. The molecule has 2 aromatic rings. The first-order valence-electron chi connectivity index (χ1n) is 11.0. The molecule has 1 saturated heterocycles. The van der Waals surface area contributed by atoms with Crippen LogP contribution in [0.4, 0.5) is 5.69 Å². The van der Waals surface area contributed by atoms with Crippen LogP contribution in [0.1, 0.15) is 27.1 Å². The van der Waals surface area contributed by atoms with Crippen LogP contribution >= 0.6 is 0 Å². The summed E-state index contributed by atoms with van der Waals surface area (Å²) in [6.07, 6.45) is 5.41. The number of carbonyl (C=O) groups is 4. The third-order valence-corrected chi connectivity index (χ3v) is 7.51. The number of esters is 2. The van der Waals surface area contributed by atoms with Gasteiger partial charge in [0.05, 0.1) is 35.8 Å². The Labute approximate surface area is 190 Å². The second kappa shape index (κ2) is 7.13. The molecular weight excluding hydrogens is 422 g/mol. The van der Waals surface area contributed by atoms with Crippen molar-refractivity contribution in [2.75, 3.05) is 12.0 Å². The molecule has 7 nitrogen and oxygen atoms in total. The molecule has 1 heterocycles. The Morgan fingerprint density at radius 3 is 1.85 bits per heavy atom. The molecule has 2 amide bonds. The van der Waals surface area contributed by atoms with E-state index in [4.69, 9.17) is 4.74 Å². The predicted molar refractivity (Wildman–Crippen MR) is 116 cm³/mol. The molecule has 5 aliphatic rings. The number of nitrogens with zero attached hydrogens (tertiary/aromatic N) is 1. The Balaban J connectivity index is 1.18. The number of imide groups is 1. The average molecular weight is 443 g/mol. The van der Waals surface area contributed by atoms with Gasteiger partial charge in [-0.2, -0.15) is 0 Å². The third-order valence-electron chi connectivity index (χ3n) is 7.51. The first kappa shape index (κ1) is 19.9. The van der Waals surface area contributed by atoms with Gasteiger partial charge in [-0.1, -0.05) is 12.2 Å². The minimum absolute atomic E-state index is 0.129. The van der Waals surface area contributed by atoms with E-state index in [0.29, 0.717) is 23.1 Å². The van der Waals surface area contributed by atoms with Crippen molar-refractivity contribution in [3.8, 4) is 5.75 Å². The molecule has 6 atom stereocenters. The number of amides is 2. The highest BCUT2D eigenvalue weighted by atomic mass is 16.5. The maximum atomic E-state index is 13.2. The lowest BCUT2D eigenvalue weighted by Gasteiger charge is -2.37. The van der Waals surface area contributed by atoms with Crippen molar-refractivity contribution in [2.45, 2.75) is 6.42 Å². The number of methoxy groups -OCH3 is 1. The minimum Gasteiger partial charge on any atom is -0.465 e. The van der Waals surface area contributed by atoms with Crippen LogP contribution in [-0.4, -0.2) is 30.9 Å². The molecule has 0 unspecified atom stereocenters. The van der Waals surface area contributed by atoms with E-state index < -0.39 is 11.9 Å². The summed E-state index contributed by atoms with van der Waals surface area (Å²) in [4.78, 5) is 51.7. The Morgan fingerprint density at radius 2 is 1.30 bits per heavy atom. The molecule has 7 heteroatoms. The van der Waals surface area contributed by atoms with Gasteiger partial charge in [0.2, 0.25) is 11.8 Å². The van der Waals surface area contributed by atoms with E-state index in [1.807, 2.05) is 0 Å². The Bertz CT molecular complexity index is 1180. The summed E-state index contributed by atoms with van der Waals surface area (Å²) >= 11 is 0. The maximum absolute atomic E-state index is 13.2. The van der Waals surface area contributed by atoms with Crippen LogP contribution in [0.3, 0.4) is 0 Å². The predicted octanol–water partition coefficient (Wildman–Crippen LogP) is 3.25. The Kier molecular flexibility index (Phi) is 4.30. The summed E-state index contributed by atoms with van der Waals surface area (Å²) in [5, 5.41) is 0. The van der Waals surface area contributed by atoms with Crippen LogP contribution in [-0.2, 0) is 14.3 Å². The van der Waals surface area contributed by atoms with E-state index in [9.17, 15) is 19.2 Å². The van der Waals surface area contributed by atoms with Gasteiger partial charge in [0.1, 0.15) is 5.75 Å². The standard InChI is InChI=1S/C26H21NO6/c1-32-25(30)13-4-8-16(9-5-13)33-26(31)14-2-6-15(7-3-14)27-23(28)21-17-10-11-18(20-12-19(17)20)22(21)24(27)29/h2-11,17-22H,12H2,1H3/t17-,18-,19-,20-,21+,22+/m1/s1. The number of benzene rings is 2. The second-order valence-electron chi connectivity index (χ2n) is 9.12. The summed E-state index contributed by atoms with van der Waals surface area (Å²) in [6, 6.07) is 12.4. The first-order chi connectivity index (χ1) is 16.0. The summed E-state index contributed by atoms with van der Waals surface area (Å²) in [6.45, 7) is 0. The van der Waals surface area contributed by atoms with Gasteiger partial charge in [-0.05, 0) is 78.6 Å². The zero-order chi connectivity index (χ0) is 22.9. The lowest BCUT2D eigenvalue weighted by atomic mass is 9.63. The fourth-order valence-electron chi connectivity index (χ4n) is 5.90. The summed E-state index contributed by atoms with van der Waals surface area (Å²) < 4.78 is 10.0. The number of ether oxygens (including phenoxy) is 2. The first-order valence-corrected chi connectivity index (χ1v) is 11.0. The van der Waals surface area contributed by atoms with Crippen molar-refractivity contribution in [3.63, 3.8) is 0 Å². The van der Waals surface area contributed by atoms with Gasteiger partial charge in [-0.15, -0.1) is 0 Å². The van der Waals surface area contributed by atoms with E-state index in [2.05, 4.69) is 16.9 Å².